The highest BCUT2D eigenvalue weighted by molar-refractivity contribution is 5.94. The third kappa shape index (κ3) is 9.19. The van der Waals surface area contributed by atoms with Crippen LogP contribution in [0, 0.1) is 13.8 Å². The first-order chi connectivity index (χ1) is 27.6. The maximum atomic E-state index is 12.1. The molecule has 1 atom stereocenters. The zero-order chi connectivity index (χ0) is 46.3. The Labute approximate surface area is 370 Å². The van der Waals surface area contributed by atoms with Crippen LogP contribution >= 0.6 is 0 Å². The molecule has 1 unspecified atom stereocenters. The second-order valence-electron chi connectivity index (χ2n) is 24.2. The molecule has 3 N–H and O–H groups in total. The van der Waals surface area contributed by atoms with Crippen LogP contribution in [0.15, 0.2) is 66.7 Å². The molecule has 0 aliphatic rings. The van der Waals surface area contributed by atoms with E-state index in [1.807, 2.05) is 0 Å². The summed E-state index contributed by atoms with van der Waals surface area (Å²) in [6.45, 7) is 46.1. The molecule has 328 valence electrons. The van der Waals surface area contributed by atoms with Crippen molar-refractivity contribution in [3.05, 3.63) is 122 Å². The molecule has 0 saturated carbocycles. The molecule has 3 nitrogen and oxygen atoms in total. The highest BCUT2D eigenvalue weighted by atomic mass is 16.3. The molecule has 0 aliphatic heterocycles. The van der Waals surface area contributed by atoms with Gasteiger partial charge in [0.25, 0.3) is 0 Å². The summed E-state index contributed by atoms with van der Waals surface area (Å²) in [7, 11) is 0. The van der Waals surface area contributed by atoms with Crippen LogP contribution in [0.3, 0.4) is 0 Å². The van der Waals surface area contributed by atoms with Gasteiger partial charge in [-0.1, -0.05) is 162 Å². The second-order valence-corrected chi connectivity index (χ2v) is 24.2. The Morgan fingerprint density at radius 3 is 0.820 bits per heavy atom. The topological polar surface area (TPSA) is 60.7 Å². The van der Waals surface area contributed by atoms with Crippen LogP contribution in [0.5, 0.6) is 17.2 Å². The van der Waals surface area contributed by atoms with Gasteiger partial charge in [-0.05, 0) is 138 Å². The third-order valence-electron chi connectivity index (χ3n) is 12.8. The number of hydrogen-bond donors (Lipinski definition) is 3. The molecule has 0 fully saturated rings. The van der Waals surface area contributed by atoms with Gasteiger partial charge in [0, 0.05) is 39.3 Å². The molecule has 0 aliphatic carbocycles. The number of phenols is 3. The van der Waals surface area contributed by atoms with E-state index in [0.29, 0.717) is 17.2 Å². The van der Waals surface area contributed by atoms with E-state index in [1.54, 1.807) is 0 Å². The molecule has 0 radical (unpaired) electrons. The van der Waals surface area contributed by atoms with E-state index < -0.39 is 0 Å². The predicted molar refractivity (Wildman–Crippen MR) is 263 cm³/mol. The highest BCUT2D eigenvalue weighted by Gasteiger charge is 2.35. The molecule has 0 aromatic heterocycles. The van der Waals surface area contributed by atoms with Gasteiger partial charge in [-0.25, -0.2) is 0 Å². The van der Waals surface area contributed by atoms with Gasteiger partial charge in [-0.15, -0.1) is 0 Å². The Morgan fingerprint density at radius 2 is 0.590 bits per heavy atom. The minimum atomic E-state index is -0.337. The molecule has 5 aromatic rings. The Balaban J connectivity index is 2.22. The third-order valence-corrected chi connectivity index (χ3v) is 12.8. The molecule has 61 heavy (non-hydrogen) atoms. The summed E-state index contributed by atoms with van der Waals surface area (Å²) in [4.78, 5) is 0. The minimum Gasteiger partial charge on any atom is -0.507 e. The van der Waals surface area contributed by atoms with E-state index in [9.17, 15) is 15.3 Å². The fourth-order valence-electron chi connectivity index (χ4n) is 9.35. The Morgan fingerprint density at radius 1 is 0.361 bits per heavy atom. The van der Waals surface area contributed by atoms with Crippen LogP contribution in [0.2, 0.25) is 0 Å². The van der Waals surface area contributed by atoms with Crippen LogP contribution in [-0.4, -0.2) is 15.3 Å². The first-order valence-electron chi connectivity index (χ1n) is 22.5. The maximum absolute atomic E-state index is 12.1. The maximum Gasteiger partial charge on any atom is 0.123 e. The zero-order valence-electron chi connectivity index (χ0n) is 41.8. The minimum absolute atomic E-state index is 0.0392. The standard InChI is InChI=1S/C58H78O3/c1-33(36-25-23-22-24-26-36)49-47(38-29-42(55(10,11)12)51(60)43(30-38)56(13,14)15)34(2)46(37-27-40(53(4,5)6)50(59)41(28-37)54(7,8)9)35(3)48(49)39-31-44(57(16,17)18)52(61)45(32-39)58(19,20)21/h22-33,59-61H,1-21H3. The molecular formula is C58H78O3. The molecule has 5 rings (SSSR count). The van der Waals surface area contributed by atoms with E-state index in [1.165, 1.54) is 11.1 Å². The van der Waals surface area contributed by atoms with Gasteiger partial charge in [0.05, 0.1) is 0 Å². The van der Waals surface area contributed by atoms with Gasteiger partial charge in [0.2, 0.25) is 0 Å². The average Bonchev–Trinajstić information content (AvgIpc) is 3.09. The monoisotopic (exact) mass is 823 g/mol. The first-order valence-corrected chi connectivity index (χ1v) is 22.5. The van der Waals surface area contributed by atoms with Crippen molar-refractivity contribution in [3.63, 3.8) is 0 Å². The SMILES string of the molecule is Cc1c(-c2cc(C(C)(C)C)c(O)c(C(C)(C)C)c2)c(C)c(-c2cc(C(C)(C)C)c(O)c(C(C)(C)C)c2)c(C(C)c2ccccc2)c1-c1cc(C(C)(C)C)c(O)c(C(C)(C)C)c1. The molecular weight excluding hydrogens is 745 g/mol. The number of hydrogen-bond acceptors (Lipinski definition) is 3. The fourth-order valence-corrected chi connectivity index (χ4v) is 9.35. The van der Waals surface area contributed by atoms with Gasteiger partial charge >= 0.3 is 0 Å². The summed E-state index contributed by atoms with van der Waals surface area (Å²) in [6.07, 6.45) is 0. The van der Waals surface area contributed by atoms with Gasteiger partial charge < -0.3 is 15.3 Å². The average molecular weight is 823 g/mol. The molecule has 5 aromatic carbocycles. The van der Waals surface area contributed by atoms with Crippen molar-refractivity contribution in [3.8, 4) is 50.6 Å². The first kappa shape index (κ1) is 47.5. The summed E-state index contributed by atoms with van der Waals surface area (Å²) < 4.78 is 0. The van der Waals surface area contributed by atoms with E-state index in [2.05, 4.69) is 212 Å². The molecule has 0 bridgehead atoms. The van der Waals surface area contributed by atoms with Crippen molar-refractivity contribution < 1.29 is 15.3 Å². The largest absolute Gasteiger partial charge is 0.507 e. The van der Waals surface area contributed by atoms with Crippen molar-refractivity contribution in [2.45, 2.75) is 184 Å². The fraction of sp³-hybridized carbons (Fsp3) is 0.483. The van der Waals surface area contributed by atoms with Crippen molar-refractivity contribution in [2.24, 2.45) is 0 Å². The van der Waals surface area contributed by atoms with Gasteiger partial charge in [-0.3, -0.25) is 0 Å². The molecule has 0 amide bonds. The second kappa shape index (κ2) is 15.7. The van der Waals surface area contributed by atoms with E-state index in [4.69, 9.17) is 0 Å². The summed E-state index contributed by atoms with van der Waals surface area (Å²) >= 11 is 0. The normalized spacial score (nSPS) is 13.8. The van der Waals surface area contributed by atoms with Gasteiger partial charge in [-0.2, -0.15) is 0 Å². The molecule has 0 saturated heterocycles. The van der Waals surface area contributed by atoms with Crippen LogP contribution in [-0.2, 0) is 32.5 Å². The van der Waals surface area contributed by atoms with Crippen molar-refractivity contribution in [2.75, 3.05) is 0 Å². The number of aromatic hydroxyl groups is 3. The van der Waals surface area contributed by atoms with Crippen LogP contribution < -0.4 is 0 Å². The highest BCUT2D eigenvalue weighted by Crippen LogP contribution is 2.54. The van der Waals surface area contributed by atoms with Gasteiger partial charge in [0.1, 0.15) is 17.2 Å². The van der Waals surface area contributed by atoms with Gasteiger partial charge in [0.15, 0.2) is 0 Å². The zero-order valence-corrected chi connectivity index (χ0v) is 41.8. The van der Waals surface area contributed by atoms with Crippen molar-refractivity contribution in [1.29, 1.82) is 0 Å². The van der Waals surface area contributed by atoms with Crippen molar-refractivity contribution in [1.82, 2.24) is 0 Å². The lowest BCUT2D eigenvalue weighted by molar-refractivity contribution is 0.422. The van der Waals surface area contributed by atoms with E-state index in [-0.39, 0.29) is 38.4 Å². The lowest BCUT2D eigenvalue weighted by atomic mass is 9.71. The summed E-state index contributed by atoms with van der Waals surface area (Å²) in [5.74, 6) is 1.04. The number of rotatable bonds is 5. The quantitative estimate of drug-likeness (QED) is 0.165. The van der Waals surface area contributed by atoms with Crippen LogP contribution in [0.4, 0.5) is 0 Å². The summed E-state index contributed by atoms with van der Waals surface area (Å²) in [5, 5.41) is 36.2. The Hall–Kier alpha value is -4.50. The number of phenolic OH excluding ortho intramolecular Hbond substituents is 3. The molecule has 0 heterocycles. The predicted octanol–water partition coefficient (Wildman–Crippen LogP) is 16.4. The molecule has 0 spiro atoms. The lowest BCUT2D eigenvalue weighted by Gasteiger charge is -2.34. The number of benzene rings is 5. The van der Waals surface area contributed by atoms with Crippen LogP contribution in [0.25, 0.3) is 33.4 Å². The Bertz CT molecular complexity index is 2240. The Kier molecular flexibility index (Phi) is 12.2. The van der Waals surface area contributed by atoms with E-state index >= 15 is 0 Å². The van der Waals surface area contributed by atoms with Crippen LogP contribution in [0.1, 0.15) is 193 Å². The van der Waals surface area contributed by atoms with Crippen molar-refractivity contribution >= 4 is 0 Å². The summed E-state index contributed by atoms with van der Waals surface area (Å²) in [5.41, 5.74) is 14.9. The lowest BCUT2D eigenvalue weighted by Crippen LogP contribution is -2.19. The smallest absolute Gasteiger partial charge is 0.123 e. The van der Waals surface area contributed by atoms with E-state index in [0.717, 1.165) is 77.9 Å². The molecule has 3 heteroatoms. The summed E-state index contributed by atoms with van der Waals surface area (Å²) in [6, 6.07) is 24.2.